The fourth-order valence-corrected chi connectivity index (χ4v) is 27.6. The number of hydrogen-bond donors (Lipinski definition) is 0. The van der Waals surface area contributed by atoms with Gasteiger partial charge in [0.1, 0.15) is 11.2 Å². The molecule has 4 nitrogen and oxygen atoms in total. The standard InChI is InChI=1S/C73H66N2O2Si2/c1-45(2)47-33-37-49(38-34-47)74(63-29-19-27-59-54-23-15-17-31-66(54)76-71(59)63)51-41-42-58-61(43-51)52-21-11-13-25-56(52)69-68-57-26-14-12-22-53(57)65(44-62(68)73(70(58)69,78(5,6)7)79(8,9)10)75(50-39-35-48(36-40-50)46(3)4)64-30-20-28-60-55-24-16-18-32-67(55)77-72(60)64/h11-46H,1-10H3. The van der Waals surface area contributed by atoms with E-state index in [1.165, 1.54) is 71.4 Å². The first-order valence-electron chi connectivity index (χ1n) is 28.3. The average molecular weight is 1060 g/mol. The first-order valence-corrected chi connectivity index (χ1v) is 35.3. The van der Waals surface area contributed by atoms with Crippen LogP contribution in [0.4, 0.5) is 34.1 Å². The Labute approximate surface area is 465 Å². The van der Waals surface area contributed by atoms with E-state index in [1.54, 1.807) is 0 Å². The van der Waals surface area contributed by atoms with Crippen LogP contribution >= 0.6 is 0 Å². The molecule has 0 amide bonds. The highest BCUT2D eigenvalue weighted by molar-refractivity contribution is 7.00. The van der Waals surface area contributed by atoms with Crippen LogP contribution < -0.4 is 9.80 Å². The summed E-state index contributed by atoms with van der Waals surface area (Å²) in [5.41, 5.74) is 18.5. The van der Waals surface area contributed by atoms with Crippen molar-refractivity contribution in [2.75, 3.05) is 9.80 Å². The van der Waals surface area contributed by atoms with Crippen molar-refractivity contribution in [1.29, 1.82) is 0 Å². The van der Waals surface area contributed by atoms with Gasteiger partial charge in [-0.2, -0.15) is 0 Å². The van der Waals surface area contributed by atoms with E-state index in [2.05, 4.69) is 283 Å². The van der Waals surface area contributed by atoms with Crippen LogP contribution in [-0.2, 0) is 4.66 Å². The van der Waals surface area contributed by atoms with Crippen molar-refractivity contribution in [3.63, 3.8) is 0 Å². The van der Waals surface area contributed by atoms with Gasteiger partial charge in [0.2, 0.25) is 0 Å². The maximum Gasteiger partial charge on any atom is 0.159 e. The van der Waals surface area contributed by atoms with Crippen LogP contribution in [-0.4, -0.2) is 16.1 Å². The van der Waals surface area contributed by atoms with Crippen LogP contribution in [0, 0.1) is 0 Å². The normalized spacial score (nSPS) is 13.5. The van der Waals surface area contributed by atoms with Gasteiger partial charge in [-0.15, -0.1) is 0 Å². The number of anilines is 6. The minimum Gasteiger partial charge on any atom is -0.454 e. The lowest BCUT2D eigenvalue weighted by Crippen LogP contribution is -2.63. The lowest BCUT2D eigenvalue weighted by molar-refractivity contribution is 0.668. The summed E-state index contributed by atoms with van der Waals surface area (Å²) in [4.78, 5) is 4.95. The van der Waals surface area contributed by atoms with E-state index < -0.39 is 16.1 Å². The number of rotatable bonds is 10. The molecule has 14 rings (SSSR count). The number of benzene rings is 11. The minimum absolute atomic E-state index is 0.238. The third-order valence-electron chi connectivity index (χ3n) is 17.7. The molecule has 1 aliphatic rings. The summed E-state index contributed by atoms with van der Waals surface area (Å²) in [5.74, 6) is 0.816. The van der Waals surface area contributed by atoms with Crippen LogP contribution in [0.3, 0.4) is 0 Å². The van der Waals surface area contributed by atoms with Gasteiger partial charge < -0.3 is 18.6 Å². The van der Waals surface area contributed by atoms with Gasteiger partial charge in [-0.3, -0.25) is 0 Å². The Bertz CT molecular complexity index is 4570. The molecule has 11 aromatic carbocycles. The molecule has 388 valence electrons. The molecule has 0 atom stereocenters. The summed E-state index contributed by atoms with van der Waals surface area (Å²) in [7, 11) is -4.61. The Kier molecular flexibility index (Phi) is 11.2. The molecule has 0 spiro atoms. The Hall–Kier alpha value is -8.17. The third kappa shape index (κ3) is 7.23. The van der Waals surface area contributed by atoms with Crippen molar-refractivity contribution in [1.82, 2.24) is 0 Å². The van der Waals surface area contributed by atoms with Gasteiger partial charge in [0.05, 0.1) is 33.2 Å². The minimum atomic E-state index is -2.31. The predicted octanol–water partition coefficient (Wildman–Crippen LogP) is 22.2. The molecule has 0 saturated heterocycles. The Morgan fingerprint density at radius 1 is 0.342 bits per heavy atom. The van der Waals surface area contributed by atoms with E-state index in [1.807, 2.05) is 0 Å². The third-order valence-corrected chi connectivity index (χ3v) is 27.7. The lowest BCUT2D eigenvalue weighted by atomic mass is 9.89. The number of nitrogens with zero attached hydrogens (tertiary/aromatic N) is 2. The largest absolute Gasteiger partial charge is 0.454 e. The second-order valence-electron chi connectivity index (χ2n) is 24.8. The summed E-state index contributed by atoms with van der Waals surface area (Å²) >= 11 is 0. The SMILES string of the molecule is CC(C)c1ccc(N(c2ccc3c4c(c5ccccc5c3c2)-c2c(cc(N(c3ccc(C(C)C)cc3)c3cccc5c3oc3ccccc35)c3ccccc23)C4([Si](C)(C)C)[Si](C)(C)C)c2cccc3c2oc2ccccc23)cc1. The summed E-state index contributed by atoms with van der Waals surface area (Å²) in [6.45, 7) is 25.0. The maximum atomic E-state index is 6.97. The summed E-state index contributed by atoms with van der Waals surface area (Å²) in [6.07, 6.45) is 0. The van der Waals surface area contributed by atoms with Gasteiger partial charge in [-0.25, -0.2) is 0 Å². The summed E-state index contributed by atoms with van der Waals surface area (Å²) in [5, 5.41) is 12.2. The summed E-state index contributed by atoms with van der Waals surface area (Å²) < 4.78 is 13.6. The summed E-state index contributed by atoms with van der Waals surface area (Å²) in [6, 6.07) is 77.3. The zero-order valence-corrected chi connectivity index (χ0v) is 49.0. The lowest BCUT2D eigenvalue weighted by Gasteiger charge is -2.52. The van der Waals surface area contributed by atoms with Gasteiger partial charge in [-0.1, -0.05) is 207 Å². The van der Waals surface area contributed by atoms with Crippen LogP contribution in [0.5, 0.6) is 0 Å². The van der Waals surface area contributed by atoms with Gasteiger partial charge in [-0.05, 0) is 139 Å². The van der Waals surface area contributed by atoms with E-state index in [4.69, 9.17) is 8.83 Å². The van der Waals surface area contributed by atoms with Crippen molar-refractivity contribution >= 4 is 126 Å². The highest BCUT2D eigenvalue weighted by Crippen LogP contribution is 2.64. The van der Waals surface area contributed by atoms with Gasteiger partial charge >= 0.3 is 0 Å². The smallest absolute Gasteiger partial charge is 0.159 e. The van der Waals surface area contributed by atoms with Crippen molar-refractivity contribution in [3.05, 3.63) is 229 Å². The first-order chi connectivity index (χ1) is 38.1. The van der Waals surface area contributed by atoms with E-state index in [-0.39, 0.29) is 4.66 Å². The molecule has 0 saturated carbocycles. The van der Waals surface area contributed by atoms with Crippen LogP contribution in [0.25, 0.3) is 87.3 Å². The van der Waals surface area contributed by atoms with Gasteiger partial charge in [0.15, 0.2) is 11.2 Å². The monoisotopic (exact) mass is 1060 g/mol. The average Bonchev–Trinajstić information content (AvgIpc) is 2.01. The molecule has 6 heteroatoms. The molecule has 2 aromatic heterocycles. The molecule has 0 aliphatic heterocycles. The highest BCUT2D eigenvalue weighted by Gasteiger charge is 2.60. The molecule has 13 aromatic rings. The van der Waals surface area contributed by atoms with Crippen molar-refractivity contribution < 1.29 is 8.83 Å². The molecule has 0 bridgehead atoms. The molecule has 0 radical (unpaired) electrons. The van der Waals surface area contributed by atoms with E-state index in [0.717, 1.165) is 72.3 Å². The quantitative estimate of drug-likeness (QED) is 0.101. The topological polar surface area (TPSA) is 32.8 Å². The van der Waals surface area contributed by atoms with Crippen LogP contribution in [0.1, 0.15) is 61.8 Å². The second kappa shape index (κ2) is 17.9. The Morgan fingerprint density at radius 2 is 0.772 bits per heavy atom. The Morgan fingerprint density at radius 3 is 1.29 bits per heavy atom. The Balaban J connectivity index is 1.08. The molecule has 2 heterocycles. The number of fused-ring (bicyclic) bond motifs is 16. The molecular weight excluding hydrogens is 993 g/mol. The zero-order chi connectivity index (χ0) is 54.3. The number of para-hydroxylation sites is 4. The van der Waals surface area contributed by atoms with E-state index in [0.29, 0.717) is 11.8 Å². The second-order valence-corrected chi connectivity index (χ2v) is 35.8. The molecule has 0 unspecified atom stereocenters. The molecule has 0 N–H and O–H groups in total. The van der Waals surface area contributed by atoms with E-state index in [9.17, 15) is 0 Å². The molecular formula is C73H66N2O2Si2. The van der Waals surface area contributed by atoms with Gasteiger partial charge in [0.25, 0.3) is 0 Å². The van der Waals surface area contributed by atoms with Crippen molar-refractivity contribution in [2.24, 2.45) is 0 Å². The fraction of sp³-hybridized carbons (Fsp3) is 0.178. The highest BCUT2D eigenvalue weighted by atomic mass is 28.4. The molecule has 1 aliphatic carbocycles. The zero-order valence-electron chi connectivity index (χ0n) is 47.0. The van der Waals surface area contributed by atoms with Crippen LogP contribution in [0.15, 0.2) is 215 Å². The van der Waals surface area contributed by atoms with Gasteiger partial charge in [0, 0.05) is 48.7 Å². The van der Waals surface area contributed by atoms with Crippen molar-refractivity contribution in [3.8, 4) is 11.1 Å². The van der Waals surface area contributed by atoms with Crippen LogP contribution in [0.2, 0.25) is 39.3 Å². The molecule has 0 fully saturated rings. The first kappa shape index (κ1) is 49.2. The number of hydrogen-bond acceptors (Lipinski definition) is 4. The maximum absolute atomic E-state index is 6.97. The molecule has 79 heavy (non-hydrogen) atoms. The van der Waals surface area contributed by atoms with E-state index >= 15 is 0 Å². The predicted molar refractivity (Wildman–Crippen MR) is 344 cm³/mol. The number of furan rings is 2. The fourth-order valence-electron chi connectivity index (χ4n) is 14.6. The van der Waals surface area contributed by atoms with Crippen molar-refractivity contribution in [2.45, 2.75) is 83.5 Å².